The molecule has 2 aromatic heterocycles. The van der Waals surface area contributed by atoms with E-state index in [1.54, 1.807) is 18.5 Å². The first-order chi connectivity index (χ1) is 12.4. The Balaban J connectivity index is 1.73. The van der Waals surface area contributed by atoms with Crippen molar-refractivity contribution in [1.82, 2.24) is 20.3 Å². The van der Waals surface area contributed by atoms with Gasteiger partial charge in [-0.2, -0.15) is 0 Å². The zero-order chi connectivity index (χ0) is 18.7. The molecule has 0 atom stereocenters. The second-order valence-corrected chi connectivity index (χ2v) is 7.94. The highest BCUT2D eigenvalue weighted by molar-refractivity contribution is 7.17. The van der Waals surface area contributed by atoms with Crippen LogP contribution in [0.4, 0.5) is 0 Å². The molecule has 0 aliphatic rings. The lowest BCUT2D eigenvalue weighted by Gasteiger charge is -2.26. The zero-order valence-corrected chi connectivity index (χ0v) is 16.2. The molecule has 1 amide bonds. The number of rotatable bonds is 5. The monoisotopic (exact) mass is 366 g/mol. The SMILES string of the molecule is Cc1cccc(C(C)(C)CNC(=O)c2sc(-c3ncccn3)nc2C)c1. The first-order valence-electron chi connectivity index (χ1n) is 8.47. The first-order valence-corrected chi connectivity index (χ1v) is 9.28. The molecule has 0 aliphatic heterocycles. The summed E-state index contributed by atoms with van der Waals surface area (Å²) < 4.78 is 0. The van der Waals surface area contributed by atoms with Crippen LogP contribution < -0.4 is 5.32 Å². The molecule has 0 aliphatic carbocycles. The molecule has 134 valence electrons. The average molecular weight is 366 g/mol. The highest BCUT2D eigenvalue weighted by atomic mass is 32.1. The second-order valence-electron chi connectivity index (χ2n) is 6.94. The van der Waals surface area contributed by atoms with Crippen molar-refractivity contribution in [2.24, 2.45) is 0 Å². The van der Waals surface area contributed by atoms with Gasteiger partial charge in [0.25, 0.3) is 5.91 Å². The number of nitrogens with one attached hydrogen (secondary N) is 1. The molecular formula is C20H22N4OS. The standard InChI is InChI=1S/C20H22N4OS/c1-13-7-5-8-15(11-13)20(3,4)12-23-18(25)16-14(2)24-19(26-16)17-21-9-6-10-22-17/h5-11H,12H2,1-4H3,(H,23,25). The molecule has 3 aromatic rings. The van der Waals surface area contributed by atoms with Crippen LogP contribution >= 0.6 is 11.3 Å². The number of aromatic nitrogens is 3. The van der Waals surface area contributed by atoms with Crippen LogP contribution in [0.5, 0.6) is 0 Å². The van der Waals surface area contributed by atoms with Gasteiger partial charge in [-0.1, -0.05) is 43.7 Å². The third-order valence-electron chi connectivity index (χ3n) is 4.25. The number of carbonyl (C=O) groups is 1. The summed E-state index contributed by atoms with van der Waals surface area (Å²) in [5, 5.41) is 3.71. The number of nitrogens with zero attached hydrogens (tertiary/aromatic N) is 3. The lowest BCUT2D eigenvalue weighted by atomic mass is 9.84. The molecule has 0 saturated carbocycles. The van der Waals surface area contributed by atoms with Crippen LogP contribution in [-0.4, -0.2) is 27.4 Å². The van der Waals surface area contributed by atoms with Gasteiger partial charge in [0.15, 0.2) is 10.8 Å². The van der Waals surface area contributed by atoms with E-state index in [0.29, 0.717) is 27.9 Å². The van der Waals surface area contributed by atoms with Crippen LogP contribution in [0.1, 0.15) is 40.3 Å². The van der Waals surface area contributed by atoms with Crippen molar-refractivity contribution in [3.05, 3.63) is 64.4 Å². The molecule has 0 unspecified atom stereocenters. The molecule has 0 radical (unpaired) electrons. The maximum absolute atomic E-state index is 12.7. The van der Waals surface area contributed by atoms with Gasteiger partial charge in [0.1, 0.15) is 4.88 Å². The normalized spacial score (nSPS) is 11.4. The van der Waals surface area contributed by atoms with Gasteiger partial charge < -0.3 is 5.32 Å². The summed E-state index contributed by atoms with van der Waals surface area (Å²) in [5.41, 5.74) is 2.96. The molecule has 0 fully saturated rings. The van der Waals surface area contributed by atoms with Gasteiger partial charge in [-0.25, -0.2) is 15.0 Å². The molecule has 0 saturated heterocycles. The minimum Gasteiger partial charge on any atom is -0.350 e. The lowest BCUT2D eigenvalue weighted by molar-refractivity contribution is 0.0949. The maximum atomic E-state index is 12.7. The van der Waals surface area contributed by atoms with Crippen molar-refractivity contribution in [2.45, 2.75) is 33.1 Å². The molecule has 3 rings (SSSR count). The first kappa shape index (κ1) is 18.2. The summed E-state index contributed by atoms with van der Waals surface area (Å²) in [4.78, 5) is 26.1. The summed E-state index contributed by atoms with van der Waals surface area (Å²) in [6, 6.07) is 10.1. The topological polar surface area (TPSA) is 67.8 Å². The van der Waals surface area contributed by atoms with Gasteiger partial charge in [-0.15, -0.1) is 11.3 Å². The lowest BCUT2D eigenvalue weighted by Crippen LogP contribution is -2.36. The van der Waals surface area contributed by atoms with Crippen molar-refractivity contribution in [1.29, 1.82) is 0 Å². The Labute approximate surface area is 157 Å². The number of amides is 1. The Morgan fingerprint density at radius 2 is 1.88 bits per heavy atom. The van der Waals surface area contributed by atoms with Crippen LogP contribution in [0.2, 0.25) is 0 Å². The van der Waals surface area contributed by atoms with E-state index in [1.165, 1.54) is 22.5 Å². The third kappa shape index (κ3) is 3.96. The van der Waals surface area contributed by atoms with E-state index < -0.39 is 0 Å². The van der Waals surface area contributed by atoms with E-state index in [2.05, 4.69) is 59.2 Å². The van der Waals surface area contributed by atoms with Gasteiger partial charge >= 0.3 is 0 Å². The van der Waals surface area contributed by atoms with Gasteiger partial charge in [0.05, 0.1) is 5.69 Å². The van der Waals surface area contributed by atoms with Crippen molar-refractivity contribution in [2.75, 3.05) is 6.54 Å². The van der Waals surface area contributed by atoms with Gasteiger partial charge in [-0.3, -0.25) is 4.79 Å². The van der Waals surface area contributed by atoms with E-state index in [9.17, 15) is 4.79 Å². The fraction of sp³-hybridized carbons (Fsp3) is 0.300. The number of hydrogen-bond donors (Lipinski definition) is 1. The molecular weight excluding hydrogens is 344 g/mol. The highest BCUT2D eigenvalue weighted by Crippen LogP contribution is 2.26. The Bertz CT molecular complexity index is 919. The third-order valence-corrected chi connectivity index (χ3v) is 5.40. The van der Waals surface area contributed by atoms with Crippen LogP contribution in [-0.2, 0) is 5.41 Å². The minimum atomic E-state index is -0.161. The van der Waals surface area contributed by atoms with Crippen molar-refractivity contribution in [3.63, 3.8) is 0 Å². The van der Waals surface area contributed by atoms with Crippen LogP contribution in [0.3, 0.4) is 0 Å². The Morgan fingerprint density at radius 1 is 1.15 bits per heavy atom. The van der Waals surface area contributed by atoms with E-state index >= 15 is 0 Å². The summed E-state index contributed by atoms with van der Waals surface area (Å²) in [6.07, 6.45) is 3.34. The Morgan fingerprint density at radius 3 is 2.58 bits per heavy atom. The predicted molar refractivity (Wildman–Crippen MR) is 104 cm³/mol. The van der Waals surface area contributed by atoms with Gasteiger partial charge in [0, 0.05) is 24.4 Å². The molecule has 2 heterocycles. The predicted octanol–water partition coefficient (Wildman–Crippen LogP) is 3.92. The number of benzene rings is 1. The smallest absolute Gasteiger partial charge is 0.263 e. The molecule has 5 nitrogen and oxygen atoms in total. The molecule has 1 N–H and O–H groups in total. The van der Waals surface area contributed by atoms with Gasteiger partial charge in [0.2, 0.25) is 0 Å². The molecule has 26 heavy (non-hydrogen) atoms. The summed E-state index contributed by atoms with van der Waals surface area (Å²) >= 11 is 1.32. The van der Waals surface area contributed by atoms with Gasteiger partial charge in [-0.05, 0) is 25.5 Å². The maximum Gasteiger partial charge on any atom is 0.263 e. The van der Waals surface area contributed by atoms with Crippen molar-refractivity contribution >= 4 is 17.2 Å². The molecule has 0 bridgehead atoms. The summed E-state index contributed by atoms with van der Waals surface area (Å²) in [6.45, 7) is 8.72. The number of thiazole rings is 1. The molecule has 1 aromatic carbocycles. The Hall–Kier alpha value is -2.60. The quantitative estimate of drug-likeness (QED) is 0.743. The van der Waals surface area contributed by atoms with E-state index in [-0.39, 0.29) is 11.3 Å². The molecule has 0 spiro atoms. The van der Waals surface area contributed by atoms with Crippen LogP contribution in [0.15, 0.2) is 42.7 Å². The fourth-order valence-corrected chi connectivity index (χ4v) is 3.59. The van der Waals surface area contributed by atoms with E-state index in [0.717, 1.165) is 0 Å². The fourth-order valence-electron chi connectivity index (χ4n) is 2.66. The minimum absolute atomic E-state index is 0.108. The summed E-state index contributed by atoms with van der Waals surface area (Å²) in [5.74, 6) is 0.433. The average Bonchev–Trinajstić information content (AvgIpc) is 3.02. The molecule has 6 heteroatoms. The number of hydrogen-bond acceptors (Lipinski definition) is 5. The van der Waals surface area contributed by atoms with E-state index in [4.69, 9.17) is 0 Å². The van der Waals surface area contributed by atoms with Crippen LogP contribution in [0, 0.1) is 13.8 Å². The van der Waals surface area contributed by atoms with Crippen molar-refractivity contribution < 1.29 is 4.79 Å². The van der Waals surface area contributed by atoms with Crippen molar-refractivity contribution in [3.8, 4) is 10.8 Å². The number of aryl methyl sites for hydroxylation is 2. The zero-order valence-electron chi connectivity index (χ0n) is 15.4. The van der Waals surface area contributed by atoms with E-state index in [1.807, 2.05) is 13.0 Å². The Kier molecular flexibility index (Phi) is 5.13. The highest BCUT2D eigenvalue weighted by Gasteiger charge is 2.23. The second kappa shape index (κ2) is 7.33. The largest absolute Gasteiger partial charge is 0.350 e. The van der Waals surface area contributed by atoms with Crippen LogP contribution in [0.25, 0.3) is 10.8 Å². The summed E-state index contributed by atoms with van der Waals surface area (Å²) in [7, 11) is 0. The number of carbonyl (C=O) groups excluding carboxylic acids is 1.